The second-order valence-electron chi connectivity index (χ2n) is 14.3. The number of nitrogens with zero attached hydrogens (tertiary/aromatic N) is 3. The molecule has 0 bridgehead atoms. The van der Waals surface area contributed by atoms with E-state index in [1.807, 2.05) is 103 Å². The lowest BCUT2D eigenvalue weighted by Gasteiger charge is -2.10. The summed E-state index contributed by atoms with van der Waals surface area (Å²) in [5.41, 5.74) is 11.7. The molecule has 0 saturated heterocycles. The van der Waals surface area contributed by atoms with Crippen LogP contribution in [-0.2, 0) is 0 Å². The molecular formula is C51H29N3O3. The van der Waals surface area contributed by atoms with Crippen LogP contribution in [0, 0.1) is 0 Å². The molecular weight excluding hydrogens is 703 g/mol. The van der Waals surface area contributed by atoms with Gasteiger partial charge in [0.2, 0.25) is 0 Å². The maximum absolute atomic E-state index is 6.91. The average molecular weight is 732 g/mol. The lowest BCUT2D eigenvalue weighted by Crippen LogP contribution is -2.00. The molecule has 0 N–H and O–H groups in total. The van der Waals surface area contributed by atoms with Crippen molar-refractivity contribution in [2.24, 2.45) is 0 Å². The van der Waals surface area contributed by atoms with Crippen LogP contribution in [0.5, 0.6) is 0 Å². The van der Waals surface area contributed by atoms with Gasteiger partial charge in [-0.25, -0.2) is 15.0 Å². The van der Waals surface area contributed by atoms with E-state index in [4.69, 9.17) is 28.2 Å². The van der Waals surface area contributed by atoms with Crippen molar-refractivity contribution in [3.63, 3.8) is 0 Å². The van der Waals surface area contributed by atoms with Gasteiger partial charge in [-0.1, -0.05) is 121 Å². The fourth-order valence-corrected chi connectivity index (χ4v) is 8.22. The highest BCUT2D eigenvalue weighted by atomic mass is 16.3. The largest absolute Gasteiger partial charge is 0.456 e. The van der Waals surface area contributed by atoms with Crippen molar-refractivity contribution in [1.82, 2.24) is 15.0 Å². The molecule has 0 atom stereocenters. The van der Waals surface area contributed by atoms with E-state index >= 15 is 0 Å². The molecule has 12 rings (SSSR count). The maximum atomic E-state index is 6.91. The molecule has 266 valence electrons. The third kappa shape index (κ3) is 5.08. The predicted octanol–water partition coefficient (Wildman–Crippen LogP) is 13.9. The zero-order valence-electron chi connectivity index (χ0n) is 30.3. The van der Waals surface area contributed by atoms with Gasteiger partial charge >= 0.3 is 0 Å². The molecule has 6 nitrogen and oxygen atoms in total. The standard InChI is InChI=1S/C51H29N3O3/c1-3-12-30(13-4-1)49-52-50(31-14-5-2-6-15-31)54-51(53-49)37-18-11-21-46-47(37)41-29-34(32-22-24-44-39(26-32)35-16-7-9-19-42(35)55-44)28-38(48(41)57-46)33-23-25-45-40(27-33)36-17-8-10-20-43(36)56-45/h1-29H. The van der Waals surface area contributed by atoms with Crippen LogP contribution in [0.1, 0.15) is 0 Å². The van der Waals surface area contributed by atoms with Gasteiger partial charge < -0.3 is 13.3 Å². The van der Waals surface area contributed by atoms with Crippen LogP contribution in [0.25, 0.3) is 122 Å². The van der Waals surface area contributed by atoms with Crippen molar-refractivity contribution in [1.29, 1.82) is 0 Å². The molecule has 6 heteroatoms. The maximum Gasteiger partial charge on any atom is 0.164 e. The molecule has 0 radical (unpaired) electrons. The van der Waals surface area contributed by atoms with Gasteiger partial charge in [-0.2, -0.15) is 0 Å². The third-order valence-corrected chi connectivity index (χ3v) is 10.9. The third-order valence-electron chi connectivity index (χ3n) is 10.9. The molecule has 0 spiro atoms. The number of furan rings is 3. The Labute approximate surface area is 325 Å². The average Bonchev–Trinajstić information content (AvgIpc) is 3.97. The van der Waals surface area contributed by atoms with Gasteiger partial charge in [-0.3, -0.25) is 0 Å². The normalized spacial score (nSPS) is 11.9. The zero-order valence-corrected chi connectivity index (χ0v) is 30.3. The van der Waals surface area contributed by atoms with Gasteiger partial charge in [0.1, 0.15) is 33.5 Å². The van der Waals surface area contributed by atoms with Crippen molar-refractivity contribution in [2.75, 3.05) is 0 Å². The number of para-hydroxylation sites is 2. The number of fused-ring (bicyclic) bond motifs is 9. The van der Waals surface area contributed by atoms with Gasteiger partial charge in [-0.15, -0.1) is 0 Å². The van der Waals surface area contributed by atoms with Crippen LogP contribution in [0.2, 0.25) is 0 Å². The molecule has 0 unspecified atom stereocenters. The highest BCUT2D eigenvalue weighted by molar-refractivity contribution is 6.17. The lowest BCUT2D eigenvalue weighted by molar-refractivity contribution is 0.668. The Morgan fingerprint density at radius 2 is 0.789 bits per heavy atom. The molecule has 0 aliphatic rings. The van der Waals surface area contributed by atoms with E-state index in [1.165, 1.54) is 0 Å². The van der Waals surface area contributed by atoms with Gasteiger partial charge in [0.25, 0.3) is 0 Å². The minimum absolute atomic E-state index is 0.570. The lowest BCUT2D eigenvalue weighted by atomic mass is 9.93. The number of rotatable bonds is 5. The quantitative estimate of drug-likeness (QED) is 0.175. The Morgan fingerprint density at radius 3 is 1.44 bits per heavy atom. The van der Waals surface area contributed by atoms with Crippen LogP contribution in [0.15, 0.2) is 189 Å². The Hall–Kier alpha value is -7.83. The Kier molecular flexibility index (Phi) is 6.83. The van der Waals surface area contributed by atoms with Gasteiger partial charge in [0, 0.05) is 54.6 Å². The zero-order chi connectivity index (χ0) is 37.5. The minimum atomic E-state index is 0.570. The molecule has 12 aromatic rings. The summed E-state index contributed by atoms with van der Waals surface area (Å²) in [6, 6.07) is 59.9. The van der Waals surface area contributed by atoms with Gasteiger partial charge in [-0.05, 0) is 71.3 Å². The van der Waals surface area contributed by atoms with E-state index in [0.29, 0.717) is 17.5 Å². The summed E-state index contributed by atoms with van der Waals surface area (Å²) in [7, 11) is 0. The first-order chi connectivity index (χ1) is 28.2. The topological polar surface area (TPSA) is 78.1 Å². The SMILES string of the molecule is c1ccc(-c2nc(-c3ccccc3)nc(-c3cccc4oc5c(-c6ccc7oc8ccccc8c7c6)cc(-c6ccc7oc8ccccc8c7c6)cc5c34)n2)cc1. The molecule has 0 aliphatic heterocycles. The van der Waals surface area contributed by atoms with E-state index in [1.54, 1.807) is 0 Å². The van der Waals surface area contributed by atoms with Crippen molar-refractivity contribution in [3.05, 3.63) is 176 Å². The summed E-state index contributed by atoms with van der Waals surface area (Å²) >= 11 is 0. The predicted molar refractivity (Wildman–Crippen MR) is 229 cm³/mol. The van der Waals surface area contributed by atoms with Crippen molar-refractivity contribution in [2.45, 2.75) is 0 Å². The molecule has 0 saturated carbocycles. The van der Waals surface area contributed by atoms with E-state index in [9.17, 15) is 0 Å². The molecule has 0 fully saturated rings. The summed E-state index contributed by atoms with van der Waals surface area (Å²) in [6.45, 7) is 0. The van der Waals surface area contributed by atoms with Crippen LogP contribution in [0.4, 0.5) is 0 Å². The number of hydrogen-bond donors (Lipinski definition) is 0. The number of hydrogen-bond acceptors (Lipinski definition) is 6. The minimum Gasteiger partial charge on any atom is -0.456 e. The second-order valence-corrected chi connectivity index (χ2v) is 14.3. The van der Waals surface area contributed by atoms with Gasteiger partial charge in [0.15, 0.2) is 17.5 Å². The van der Waals surface area contributed by atoms with E-state index in [-0.39, 0.29) is 0 Å². The highest BCUT2D eigenvalue weighted by Gasteiger charge is 2.22. The monoisotopic (exact) mass is 731 g/mol. The van der Waals surface area contributed by atoms with Crippen LogP contribution >= 0.6 is 0 Å². The summed E-state index contributed by atoms with van der Waals surface area (Å²) in [5, 5.41) is 6.18. The molecule has 0 amide bonds. The molecule has 4 heterocycles. The van der Waals surface area contributed by atoms with E-state index in [2.05, 4.69) is 72.8 Å². The van der Waals surface area contributed by atoms with Crippen molar-refractivity contribution in [3.8, 4) is 56.4 Å². The summed E-state index contributed by atoms with van der Waals surface area (Å²) in [5.74, 6) is 1.78. The number of aromatic nitrogens is 3. The second kappa shape index (κ2) is 12.3. The smallest absolute Gasteiger partial charge is 0.164 e. The van der Waals surface area contributed by atoms with Crippen molar-refractivity contribution < 1.29 is 13.3 Å². The molecule has 4 aromatic heterocycles. The van der Waals surface area contributed by atoms with Crippen LogP contribution in [0.3, 0.4) is 0 Å². The first-order valence-electron chi connectivity index (χ1n) is 18.9. The molecule has 8 aromatic carbocycles. The summed E-state index contributed by atoms with van der Waals surface area (Å²) in [4.78, 5) is 15.2. The Balaban J connectivity index is 1.14. The summed E-state index contributed by atoms with van der Waals surface area (Å²) < 4.78 is 19.4. The van der Waals surface area contributed by atoms with Crippen LogP contribution in [-0.4, -0.2) is 15.0 Å². The number of benzene rings is 8. The highest BCUT2D eigenvalue weighted by Crippen LogP contribution is 2.44. The van der Waals surface area contributed by atoms with E-state index in [0.717, 1.165) is 105 Å². The Morgan fingerprint density at radius 1 is 0.281 bits per heavy atom. The first kappa shape index (κ1) is 31.5. The first-order valence-corrected chi connectivity index (χ1v) is 18.9. The summed E-state index contributed by atoms with van der Waals surface area (Å²) in [6.07, 6.45) is 0. The molecule has 0 aliphatic carbocycles. The fraction of sp³-hybridized carbons (Fsp3) is 0. The van der Waals surface area contributed by atoms with E-state index < -0.39 is 0 Å². The fourth-order valence-electron chi connectivity index (χ4n) is 8.22. The molecule has 57 heavy (non-hydrogen) atoms. The Bertz CT molecular complexity index is 3470. The van der Waals surface area contributed by atoms with Crippen LogP contribution < -0.4 is 0 Å². The van der Waals surface area contributed by atoms with Gasteiger partial charge in [0.05, 0.1) is 0 Å². The van der Waals surface area contributed by atoms with Crippen molar-refractivity contribution >= 4 is 65.8 Å².